The summed E-state index contributed by atoms with van der Waals surface area (Å²) in [6, 6.07) is 10.2. The van der Waals surface area contributed by atoms with E-state index in [1.54, 1.807) is 19.2 Å². The van der Waals surface area contributed by atoms with Crippen LogP contribution in [0.5, 0.6) is 11.5 Å². The fraction of sp³-hybridized carbons (Fsp3) is 0.448. The maximum absolute atomic E-state index is 13.3. The van der Waals surface area contributed by atoms with E-state index in [1.807, 2.05) is 65.8 Å². The molecule has 0 spiro atoms. The molecule has 0 bridgehead atoms. The number of rotatable bonds is 10. The molecular formula is C29H37NO6. The Morgan fingerprint density at radius 1 is 1.08 bits per heavy atom. The van der Waals surface area contributed by atoms with Crippen LogP contribution in [0, 0.1) is 6.92 Å². The van der Waals surface area contributed by atoms with E-state index in [2.05, 4.69) is 0 Å². The summed E-state index contributed by atoms with van der Waals surface area (Å²) in [6.45, 7) is 12.7. The minimum absolute atomic E-state index is 0.0119. The molecule has 194 valence electrons. The van der Waals surface area contributed by atoms with E-state index in [9.17, 15) is 14.7 Å². The summed E-state index contributed by atoms with van der Waals surface area (Å²) in [5, 5.41) is 11.5. The number of hydrogen-bond donors (Lipinski definition) is 1. The third kappa shape index (κ3) is 5.57. The average molecular weight is 496 g/mol. The molecule has 36 heavy (non-hydrogen) atoms. The van der Waals surface area contributed by atoms with Gasteiger partial charge in [0.1, 0.15) is 17.3 Å². The molecule has 0 aromatic heterocycles. The number of carbonyl (C=O) groups is 2. The van der Waals surface area contributed by atoms with Crippen LogP contribution in [0.4, 0.5) is 0 Å². The second-order valence-corrected chi connectivity index (χ2v) is 9.48. The third-order valence-corrected chi connectivity index (χ3v) is 6.28. The molecule has 7 nitrogen and oxygen atoms in total. The van der Waals surface area contributed by atoms with Crippen molar-refractivity contribution < 1.29 is 28.9 Å². The predicted octanol–water partition coefficient (Wildman–Crippen LogP) is 5.37. The Hall–Kier alpha value is -3.32. The minimum atomic E-state index is -0.750. The Balaban J connectivity index is 2.17. The first-order valence-electron chi connectivity index (χ1n) is 12.4. The van der Waals surface area contributed by atoms with Crippen molar-refractivity contribution in [3.63, 3.8) is 0 Å². The number of hydrogen-bond acceptors (Lipinski definition) is 6. The quantitative estimate of drug-likeness (QED) is 0.271. The molecule has 1 aliphatic rings. The third-order valence-electron chi connectivity index (χ3n) is 6.28. The molecule has 0 aliphatic carbocycles. The molecule has 0 saturated carbocycles. The zero-order valence-corrected chi connectivity index (χ0v) is 22.3. The maximum Gasteiger partial charge on any atom is 0.295 e. The van der Waals surface area contributed by atoms with Crippen LogP contribution < -0.4 is 9.47 Å². The van der Waals surface area contributed by atoms with E-state index in [0.717, 1.165) is 11.1 Å². The van der Waals surface area contributed by atoms with Gasteiger partial charge >= 0.3 is 0 Å². The lowest BCUT2D eigenvalue weighted by molar-refractivity contribution is -0.140. The molecule has 1 amide bonds. The molecule has 1 N–H and O–H groups in total. The van der Waals surface area contributed by atoms with E-state index >= 15 is 0 Å². The monoisotopic (exact) mass is 495 g/mol. The van der Waals surface area contributed by atoms with Crippen LogP contribution in [0.3, 0.4) is 0 Å². The Labute approximate surface area is 213 Å². The lowest BCUT2D eigenvalue weighted by atomic mass is 9.91. The first kappa shape index (κ1) is 27.3. The van der Waals surface area contributed by atoms with Crippen molar-refractivity contribution in [3.8, 4) is 11.5 Å². The number of nitrogens with zero attached hydrogens (tertiary/aromatic N) is 1. The molecule has 1 fully saturated rings. The fourth-order valence-corrected chi connectivity index (χ4v) is 4.48. The molecule has 2 aromatic carbocycles. The number of amides is 1. The summed E-state index contributed by atoms with van der Waals surface area (Å²) in [5.74, 6) is -0.0243. The second kappa shape index (κ2) is 11.6. The zero-order chi connectivity index (χ0) is 26.6. The van der Waals surface area contributed by atoms with Crippen molar-refractivity contribution in [2.24, 2.45) is 0 Å². The van der Waals surface area contributed by atoms with Gasteiger partial charge < -0.3 is 24.2 Å². The van der Waals surface area contributed by atoms with Crippen LogP contribution in [0.2, 0.25) is 0 Å². The molecule has 1 atom stereocenters. The molecule has 3 rings (SSSR count). The Bertz CT molecular complexity index is 1130. The van der Waals surface area contributed by atoms with Crippen molar-refractivity contribution in [3.05, 3.63) is 64.2 Å². The van der Waals surface area contributed by atoms with Gasteiger partial charge in [0, 0.05) is 12.1 Å². The van der Waals surface area contributed by atoms with Crippen LogP contribution in [0.15, 0.2) is 42.0 Å². The second-order valence-electron chi connectivity index (χ2n) is 9.48. The van der Waals surface area contributed by atoms with Crippen molar-refractivity contribution in [1.82, 2.24) is 4.90 Å². The fourth-order valence-electron chi connectivity index (χ4n) is 4.48. The Kier molecular flexibility index (Phi) is 8.79. The average Bonchev–Trinajstić information content (AvgIpc) is 3.08. The molecule has 1 aliphatic heterocycles. The number of aliphatic hydroxyl groups excluding tert-OH is 1. The molecule has 0 radical (unpaired) electrons. The Morgan fingerprint density at radius 2 is 1.75 bits per heavy atom. The van der Waals surface area contributed by atoms with Gasteiger partial charge in [-0.2, -0.15) is 0 Å². The van der Waals surface area contributed by atoms with Crippen LogP contribution in [-0.4, -0.2) is 54.7 Å². The van der Waals surface area contributed by atoms with E-state index in [0.29, 0.717) is 29.2 Å². The van der Waals surface area contributed by atoms with Gasteiger partial charge in [0.25, 0.3) is 11.7 Å². The summed E-state index contributed by atoms with van der Waals surface area (Å²) in [5.41, 5.74) is 2.93. The molecule has 1 saturated heterocycles. The largest absolute Gasteiger partial charge is 0.507 e. The first-order chi connectivity index (χ1) is 17.1. The van der Waals surface area contributed by atoms with Crippen molar-refractivity contribution in [2.75, 3.05) is 26.9 Å². The van der Waals surface area contributed by atoms with Gasteiger partial charge in [0.2, 0.25) is 0 Å². The van der Waals surface area contributed by atoms with E-state index in [1.165, 1.54) is 4.90 Å². The van der Waals surface area contributed by atoms with Gasteiger partial charge in [0.15, 0.2) is 0 Å². The highest BCUT2D eigenvalue weighted by atomic mass is 16.5. The highest BCUT2D eigenvalue weighted by molar-refractivity contribution is 6.46. The van der Waals surface area contributed by atoms with Gasteiger partial charge in [-0.15, -0.1) is 0 Å². The number of Topliss-reactive ketones (excluding diaryl/α,β-unsaturated/α-hetero) is 1. The van der Waals surface area contributed by atoms with Crippen molar-refractivity contribution in [1.29, 1.82) is 0 Å². The number of carbonyl (C=O) groups excluding carboxylic acids is 2. The number of aliphatic hydroxyl groups is 1. The van der Waals surface area contributed by atoms with Crippen LogP contribution in [0.1, 0.15) is 68.8 Å². The van der Waals surface area contributed by atoms with Gasteiger partial charge in [-0.05, 0) is 74.6 Å². The van der Waals surface area contributed by atoms with E-state index in [-0.39, 0.29) is 36.5 Å². The van der Waals surface area contributed by atoms with Gasteiger partial charge in [-0.25, -0.2) is 0 Å². The molecular weight excluding hydrogens is 458 g/mol. The predicted molar refractivity (Wildman–Crippen MR) is 140 cm³/mol. The normalized spacial score (nSPS) is 17.4. The smallest absolute Gasteiger partial charge is 0.295 e. The minimum Gasteiger partial charge on any atom is -0.507 e. The highest BCUT2D eigenvalue weighted by Crippen LogP contribution is 2.41. The zero-order valence-electron chi connectivity index (χ0n) is 22.3. The summed E-state index contributed by atoms with van der Waals surface area (Å²) in [4.78, 5) is 28.0. The number of ketones is 1. The first-order valence-corrected chi connectivity index (χ1v) is 12.4. The summed E-state index contributed by atoms with van der Waals surface area (Å²) in [6.07, 6.45) is -0.0119. The Morgan fingerprint density at radius 3 is 2.31 bits per heavy atom. The maximum atomic E-state index is 13.3. The SMILES string of the molecule is CCOc1ccc(C2/C(=C(\O)c3cc(C(C)C)c(OC)cc3C)C(=O)C(=O)N2CCOC(C)C)cc1. The van der Waals surface area contributed by atoms with E-state index in [4.69, 9.17) is 14.2 Å². The van der Waals surface area contributed by atoms with E-state index < -0.39 is 17.7 Å². The van der Waals surface area contributed by atoms with Crippen LogP contribution in [0.25, 0.3) is 5.76 Å². The van der Waals surface area contributed by atoms with Gasteiger partial charge in [-0.1, -0.05) is 26.0 Å². The van der Waals surface area contributed by atoms with Crippen LogP contribution in [-0.2, 0) is 14.3 Å². The number of methoxy groups -OCH3 is 1. The molecule has 2 aromatic rings. The molecule has 1 heterocycles. The topological polar surface area (TPSA) is 85.3 Å². The number of ether oxygens (including phenoxy) is 3. The lowest BCUT2D eigenvalue weighted by Crippen LogP contribution is -2.33. The van der Waals surface area contributed by atoms with Gasteiger partial charge in [-0.3, -0.25) is 9.59 Å². The summed E-state index contributed by atoms with van der Waals surface area (Å²) < 4.78 is 16.8. The number of likely N-dealkylation sites (tertiary alicyclic amines) is 1. The highest BCUT2D eigenvalue weighted by Gasteiger charge is 2.46. The standard InChI is InChI=1S/C29H37NO6/c1-8-35-21-11-9-20(10-12-21)26-25(28(32)29(33)30(26)13-14-36-18(4)5)27(31)23-16-22(17(2)3)24(34-7)15-19(23)6/h9-12,15-18,26,31H,8,13-14H2,1-7H3/b27-25+. The molecule has 1 unspecified atom stereocenters. The van der Waals surface area contributed by atoms with Gasteiger partial charge in [0.05, 0.1) is 38.0 Å². The van der Waals surface area contributed by atoms with Crippen molar-refractivity contribution >= 4 is 17.4 Å². The van der Waals surface area contributed by atoms with Crippen molar-refractivity contribution in [2.45, 2.75) is 59.6 Å². The van der Waals surface area contributed by atoms with Crippen LogP contribution >= 0.6 is 0 Å². The molecule has 7 heteroatoms. The summed E-state index contributed by atoms with van der Waals surface area (Å²) >= 11 is 0. The number of aryl methyl sites for hydroxylation is 1. The number of benzene rings is 2. The lowest BCUT2D eigenvalue weighted by Gasteiger charge is -2.26. The summed E-state index contributed by atoms with van der Waals surface area (Å²) in [7, 11) is 1.61.